The van der Waals surface area contributed by atoms with Gasteiger partial charge in [0.1, 0.15) is 17.5 Å². The average molecular weight is 234 g/mol. The summed E-state index contributed by atoms with van der Waals surface area (Å²) in [5.74, 6) is -0.428. The van der Waals surface area contributed by atoms with Gasteiger partial charge in [0, 0.05) is 12.5 Å². The number of aromatic amines is 1. The van der Waals surface area contributed by atoms with Crippen LogP contribution in [0.1, 0.15) is 17.2 Å². The van der Waals surface area contributed by atoms with Gasteiger partial charge in [-0.1, -0.05) is 6.07 Å². The van der Waals surface area contributed by atoms with Crippen LogP contribution in [-0.2, 0) is 12.8 Å². The van der Waals surface area contributed by atoms with Crippen LogP contribution in [0.2, 0.25) is 0 Å². The maximum Gasteiger partial charge on any atom is 0.164 e. The molecule has 0 unspecified atom stereocenters. The Kier molecular flexibility index (Phi) is 3.10. The highest BCUT2D eigenvalue weighted by atomic mass is 19.1. The summed E-state index contributed by atoms with van der Waals surface area (Å²) in [4.78, 5) is 4.01. The Morgan fingerprint density at radius 1 is 1.35 bits per heavy atom. The highest BCUT2D eigenvalue weighted by Crippen LogP contribution is 2.12. The summed E-state index contributed by atoms with van der Waals surface area (Å²) < 4.78 is 26.0. The van der Waals surface area contributed by atoms with Crippen LogP contribution >= 0.6 is 0 Å². The Morgan fingerprint density at radius 3 is 2.88 bits per heavy atom. The number of nitrogens with one attached hydrogen (secondary N) is 1. The van der Waals surface area contributed by atoms with Crippen LogP contribution in [0.15, 0.2) is 18.2 Å². The van der Waals surface area contributed by atoms with Gasteiger partial charge in [0.2, 0.25) is 0 Å². The van der Waals surface area contributed by atoms with E-state index in [0.717, 1.165) is 6.07 Å². The lowest BCUT2D eigenvalue weighted by molar-refractivity contribution is 0.573. The van der Waals surface area contributed by atoms with Gasteiger partial charge in [-0.3, -0.25) is 5.10 Å². The number of benzene rings is 1. The molecule has 0 radical (unpaired) electrons. The standard InChI is InChI=1S/C11H8F2N4/c12-8-2-1-7(9(13)6-8)5-11-15-10(3-4-14)16-17-11/h1-2,6H,3,5H2,(H,15,16,17). The summed E-state index contributed by atoms with van der Waals surface area (Å²) in [6.45, 7) is 0. The molecule has 4 nitrogen and oxygen atoms in total. The summed E-state index contributed by atoms with van der Waals surface area (Å²) in [5, 5.41) is 14.9. The van der Waals surface area contributed by atoms with Crippen LogP contribution in [0.25, 0.3) is 0 Å². The molecule has 2 rings (SSSR count). The summed E-state index contributed by atoms with van der Waals surface area (Å²) in [5.41, 5.74) is 0.325. The topological polar surface area (TPSA) is 65.4 Å². The molecule has 17 heavy (non-hydrogen) atoms. The van der Waals surface area contributed by atoms with Crippen LogP contribution in [0.3, 0.4) is 0 Å². The maximum absolute atomic E-state index is 13.3. The van der Waals surface area contributed by atoms with Crippen molar-refractivity contribution in [3.63, 3.8) is 0 Å². The number of halogens is 2. The van der Waals surface area contributed by atoms with Crippen molar-refractivity contribution >= 4 is 0 Å². The second-order valence-corrected chi connectivity index (χ2v) is 3.45. The maximum atomic E-state index is 13.3. The molecule has 0 amide bonds. The zero-order valence-electron chi connectivity index (χ0n) is 8.74. The second-order valence-electron chi connectivity index (χ2n) is 3.45. The molecule has 0 atom stereocenters. The minimum absolute atomic E-state index is 0.0996. The van der Waals surface area contributed by atoms with Crippen molar-refractivity contribution in [2.75, 3.05) is 0 Å². The molecule has 2 aromatic rings. The molecule has 0 aliphatic carbocycles. The van der Waals surface area contributed by atoms with Crippen LogP contribution in [0.5, 0.6) is 0 Å². The van der Waals surface area contributed by atoms with Crippen molar-refractivity contribution in [2.24, 2.45) is 0 Å². The number of nitriles is 1. The fraction of sp³-hybridized carbons (Fsp3) is 0.182. The van der Waals surface area contributed by atoms with E-state index < -0.39 is 11.6 Å². The van der Waals surface area contributed by atoms with Crippen molar-refractivity contribution in [1.29, 1.82) is 5.26 Å². The van der Waals surface area contributed by atoms with Gasteiger partial charge in [-0.05, 0) is 11.6 Å². The third-order valence-electron chi connectivity index (χ3n) is 2.19. The molecule has 0 aliphatic heterocycles. The molecule has 0 spiro atoms. The van der Waals surface area contributed by atoms with Crippen molar-refractivity contribution in [3.05, 3.63) is 47.0 Å². The highest BCUT2D eigenvalue weighted by Gasteiger charge is 2.08. The van der Waals surface area contributed by atoms with Gasteiger partial charge >= 0.3 is 0 Å². The minimum Gasteiger partial charge on any atom is -0.263 e. The summed E-state index contributed by atoms with van der Waals surface area (Å²) in [6.07, 6.45) is 0.285. The van der Waals surface area contributed by atoms with Crippen molar-refractivity contribution < 1.29 is 8.78 Å². The number of rotatable bonds is 3. The third kappa shape index (κ3) is 2.64. The number of aromatic nitrogens is 3. The first-order valence-electron chi connectivity index (χ1n) is 4.90. The molecule has 0 saturated carbocycles. The lowest BCUT2D eigenvalue weighted by Crippen LogP contribution is -1.95. The van der Waals surface area contributed by atoms with E-state index in [-0.39, 0.29) is 12.8 Å². The van der Waals surface area contributed by atoms with Gasteiger partial charge in [-0.2, -0.15) is 10.4 Å². The van der Waals surface area contributed by atoms with Crippen LogP contribution < -0.4 is 0 Å². The van der Waals surface area contributed by atoms with Gasteiger partial charge in [0.05, 0.1) is 12.5 Å². The van der Waals surface area contributed by atoms with Crippen molar-refractivity contribution in [2.45, 2.75) is 12.8 Å². The minimum atomic E-state index is -0.622. The van der Waals surface area contributed by atoms with Crippen LogP contribution in [-0.4, -0.2) is 15.2 Å². The zero-order chi connectivity index (χ0) is 12.3. The van der Waals surface area contributed by atoms with E-state index in [1.165, 1.54) is 12.1 Å². The first-order valence-corrected chi connectivity index (χ1v) is 4.90. The fourth-order valence-electron chi connectivity index (χ4n) is 1.41. The van der Waals surface area contributed by atoms with Crippen LogP contribution in [0, 0.1) is 23.0 Å². The number of H-pyrrole nitrogens is 1. The van der Waals surface area contributed by atoms with Gasteiger partial charge in [0.25, 0.3) is 0 Å². The lowest BCUT2D eigenvalue weighted by atomic mass is 10.1. The molecular formula is C11H8F2N4. The van der Waals surface area contributed by atoms with E-state index in [2.05, 4.69) is 15.2 Å². The number of nitrogens with zero attached hydrogens (tertiary/aromatic N) is 3. The van der Waals surface area contributed by atoms with Crippen LogP contribution in [0.4, 0.5) is 8.78 Å². The Balaban J connectivity index is 2.17. The molecule has 1 N–H and O–H groups in total. The predicted octanol–water partition coefficient (Wildman–Crippen LogP) is 1.74. The summed E-state index contributed by atoms with van der Waals surface area (Å²) >= 11 is 0. The van der Waals surface area contributed by atoms with Crippen molar-refractivity contribution in [1.82, 2.24) is 15.2 Å². The van der Waals surface area contributed by atoms with E-state index in [4.69, 9.17) is 5.26 Å². The SMILES string of the molecule is N#CCc1n[nH]c(Cc2ccc(F)cc2F)n1. The molecule has 0 aliphatic rings. The Morgan fingerprint density at radius 2 is 2.18 bits per heavy atom. The van der Waals surface area contributed by atoms with E-state index >= 15 is 0 Å². The monoisotopic (exact) mass is 234 g/mol. The third-order valence-corrected chi connectivity index (χ3v) is 2.19. The van der Waals surface area contributed by atoms with E-state index in [9.17, 15) is 8.78 Å². The Bertz CT molecular complexity index is 571. The lowest BCUT2D eigenvalue weighted by Gasteiger charge is -1.99. The Labute approximate surface area is 95.9 Å². The first-order chi connectivity index (χ1) is 8.19. The molecule has 86 valence electrons. The fourth-order valence-corrected chi connectivity index (χ4v) is 1.41. The normalized spacial score (nSPS) is 10.2. The van der Waals surface area contributed by atoms with E-state index in [1.807, 2.05) is 6.07 Å². The smallest absolute Gasteiger partial charge is 0.164 e. The van der Waals surface area contributed by atoms with Crippen molar-refractivity contribution in [3.8, 4) is 6.07 Å². The molecule has 1 aromatic heterocycles. The summed E-state index contributed by atoms with van der Waals surface area (Å²) in [6, 6.07) is 5.28. The predicted molar refractivity (Wildman–Crippen MR) is 54.9 cm³/mol. The molecule has 1 aromatic carbocycles. The number of hydrogen-bond donors (Lipinski definition) is 1. The van der Waals surface area contributed by atoms with E-state index in [0.29, 0.717) is 17.2 Å². The molecule has 0 bridgehead atoms. The molecule has 0 fully saturated rings. The van der Waals surface area contributed by atoms with Gasteiger partial charge in [0.15, 0.2) is 5.82 Å². The zero-order valence-corrected chi connectivity index (χ0v) is 8.74. The second kappa shape index (κ2) is 4.70. The average Bonchev–Trinajstić information content (AvgIpc) is 2.71. The quantitative estimate of drug-likeness (QED) is 0.879. The largest absolute Gasteiger partial charge is 0.263 e. The highest BCUT2D eigenvalue weighted by molar-refractivity contribution is 5.21. The Hall–Kier alpha value is -2.29. The van der Waals surface area contributed by atoms with Gasteiger partial charge in [-0.25, -0.2) is 13.8 Å². The van der Waals surface area contributed by atoms with Gasteiger partial charge in [-0.15, -0.1) is 0 Å². The van der Waals surface area contributed by atoms with E-state index in [1.54, 1.807) is 0 Å². The molecule has 6 heteroatoms. The first kappa shape index (κ1) is 11.2. The molecular weight excluding hydrogens is 226 g/mol. The van der Waals surface area contributed by atoms with Gasteiger partial charge < -0.3 is 0 Å². The molecule has 1 heterocycles. The number of hydrogen-bond acceptors (Lipinski definition) is 3. The summed E-state index contributed by atoms with van der Waals surface area (Å²) in [7, 11) is 0. The molecule has 0 saturated heterocycles.